The second-order valence-electron chi connectivity index (χ2n) is 6.10. The Morgan fingerprint density at radius 2 is 1.77 bits per heavy atom. The molecule has 1 rings (SSSR count). The van der Waals surface area contributed by atoms with E-state index < -0.39 is 23.8 Å². The van der Waals surface area contributed by atoms with Gasteiger partial charge in [0.05, 0.1) is 17.0 Å². The van der Waals surface area contributed by atoms with Gasteiger partial charge in [-0.05, 0) is 54.4 Å². The van der Waals surface area contributed by atoms with Gasteiger partial charge in [-0.25, -0.2) is 15.1 Å². The van der Waals surface area contributed by atoms with E-state index in [-0.39, 0.29) is 17.0 Å². The number of aromatic carboxylic acids is 2. The first-order valence-electron chi connectivity index (χ1n) is 8.45. The van der Waals surface area contributed by atoms with Crippen molar-refractivity contribution in [2.24, 2.45) is 5.92 Å². The van der Waals surface area contributed by atoms with Gasteiger partial charge >= 0.3 is 11.9 Å². The Kier molecular flexibility index (Phi) is 9.15. The number of thioether (sulfide) groups is 1. The Bertz CT molecular complexity index is 649. The Hall–Kier alpha value is -2.06. The van der Waals surface area contributed by atoms with E-state index in [4.69, 9.17) is 10.3 Å². The van der Waals surface area contributed by atoms with E-state index in [1.807, 2.05) is 18.7 Å². The summed E-state index contributed by atoms with van der Waals surface area (Å²) >= 11 is 1.84. The zero-order valence-corrected chi connectivity index (χ0v) is 15.7. The van der Waals surface area contributed by atoms with Crippen molar-refractivity contribution < 1.29 is 29.8 Å². The molecule has 2 atom stereocenters. The summed E-state index contributed by atoms with van der Waals surface area (Å²) in [6.45, 7) is 3.97. The Balaban J connectivity index is 3.05. The molecule has 0 saturated heterocycles. The van der Waals surface area contributed by atoms with Gasteiger partial charge in [0.1, 0.15) is 0 Å². The largest absolute Gasteiger partial charge is 0.478 e. The zero-order chi connectivity index (χ0) is 19.7. The summed E-state index contributed by atoms with van der Waals surface area (Å²) in [6.07, 6.45) is 2.71. The minimum atomic E-state index is -1.38. The zero-order valence-electron chi connectivity index (χ0n) is 14.9. The van der Waals surface area contributed by atoms with Crippen LogP contribution in [0.25, 0.3) is 0 Å². The van der Waals surface area contributed by atoms with Crippen LogP contribution in [0.3, 0.4) is 0 Å². The van der Waals surface area contributed by atoms with Crippen molar-refractivity contribution in [1.82, 2.24) is 5.48 Å². The predicted octanol–water partition coefficient (Wildman–Crippen LogP) is 3.23. The Morgan fingerprint density at radius 1 is 1.12 bits per heavy atom. The van der Waals surface area contributed by atoms with Gasteiger partial charge in [0.15, 0.2) is 0 Å². The van der Waals surface area contributed by atoms with Crippen molar-refractivity contribution in [3.05, 3.63) is 34.9 Å². The fourth-order valence-corrected chi connectivity index (χ4v) is 3.71. The molecule has 2 unspecified atom stereocenters. The van der Waals surface area contributed by atoms with Gasteiger partial charge in [-0.2, -0.15) is 11.8 Å². The van der Waals surface area contributed by atoms with Crippen LogP contribution in [-0.4, -0.2) is 44.8 Å². The quantitative estimate of drug-likeness (QED) is 0.263. The lowest BCUT2D eigenvalue weighted by Crippen LogP contribution is -2.31. The summed E-state index contributed by atoms with van der Waals surface area (Å²) in [6, 6.07) is 3.81. The van der Waals surface area contributed by atoms with Gasteiger partial charge < -0.3 is 10.2 Å². The van der Waals surface area contributed by atoms with Crippen LogP contribution in [0.2, 0.25) is 0 Å². The second-order valence-corrected chi connectivity index (χ2v) is 7.33. The summed E-state index contributed by atoms with van der Waals surface area (Å²) in [5.74, 6) is -2.25. The lowest BCUT2D eigenvalue weighted by Gasteiger charge is -2.23. The highest BCUT2D eigenvalue weighted by atomic mass is 32.2. The van der Waals surface area contributed by atoms with Crippen LogP contribution in [0.4, 0.5) is 0 Å². The minimum absolute atomic E-state index is 0.151. The topological polar surface area (TPSA) is 124 Å². The molecule has 7 nitrogen and oxygen atoms in total. The molecule has 0 heterocycles. The number of rotatable bonds is 11. The van der Waals surface area contributed by atoms with Crippen LogP contribution in [-0.2, 0) is 4.79 Å². The number of hydrogen-bond acceptors (Lipinski definition) is 5. The van der Waals surface area contributed by atoms with Crippen LogP contribution in [0.1, 0.15) is 65.3 Å². The third-order valence-electron chi connectivity index (χ3n) is 4.12. The molecule has 4 N–H and O–H groups in total. The number of nitrogens with one attached hydrogen (secondary N) is 1. The van der Waals surface area contributed by atoms with E-state index in [0.717, 1.165) is 30.8 Å². The molecule has 0 fully saturated rings. The first kappa shape index (κ1) is 22.0. The third-order valence-corrected chi connectivity index (χ3v) is 5.40. The van der Waals surface area contributed by atoms with Crippen molar-refractivity contribution in [2.75, 3.05) is 11.5 Å². The highest BCUT2D eigenvalue weighted by Crippen LogP contribution is 2.30. The first-order chi connectivity index (χ1) is 12.3. The molecule has 8 heteroatoms. The minimum Gasteiger partial charge on any atom is -0.478 e. The summed E-state index contributed by atoms with van der Waals surface area (Å²) in [5, 5.41) is 27.4. The van der Waals surface area contributed by atoms with Crippen molar-refractivity contribution >= 4 is 29.6 Å². The number of carbonyl (C=O) groups excluding carboxylic acids is 1. The maximum absolute atomic E-state index is 12.2. The molecule has 0 aliphatic carbocycles. The molecule has 0 spiro atoms. The molecule has 1 amide bonds. The van der Waals surface area contributed by atoms with E-state index in [0.29, 0.717) is 5.56 Å². The number of carboxylic acids is 2. The average Bonchev–Trinajstić information content (AvgIpc) is 2.61. The van der Waals surface area contributed by atoms with Crippen LogP contribution < -0.4 is 5.48 Å². The Morgan fingerprint density at radius 3 is 2.31 bits per heavy atom. The number of carboxylic acid groups (broad SMARTS) is 2. The van der Waals surface area contributed by atoms with Crippen LogP contribution in [0.15, 0.2) is 18.2 Å². The molecule has 0 aromatic heterocycles. The van der Waals surface area contributed by atoms with Gasteiger partial charge in [-0.3, -0.25) is 10.0 Å². The van der Waals surface area contributed by atoms with E-state index >= 15 is 0 Å². The summed E-state index contributed by atoms with van der Waals surface area (Å²) in [4.78, 5) is 34.7. The summed E-state index contributed by atoms with van der Waals surface area (Å²) < 4.78 is 0. The molecule has 0 radical (unpaired) electrons. The SMILES string of the molecule is CCCSCCCC(C)C(C(=O)NO)c1ccc(C(=O)O)c(C(=O)O)c1. The predicted molar refractivity (Wildman–Crippen MR) is 99.0 cm³/mol. The molecule has 0 bridgehead atoms. The van der Waals surface area contributed by atoms with Gasteiger partial charge in [0, 0.05) is 0 Å². The lowest BCUT2D eigenvalue weighted by molar-refractivity contribution is -0.132. The van der Waals surface area contributed by atoms with Gasteiger partial charge in [-0.15, -0.1) is 0 Å². The maximum atomic E-state index is 12.2. The number of carbonyl (C=O) groups is 3. The molecule has 26 heavy (non-hydrogen) atoms. The Labute approximate surface area is 156 Å². The smallest absolute Gasteiger partial charge is 0.336 e. The highest BCUT2D eigenvalue weighted by Gasteiger charge is 2.28. The monoisotopic (exact) mass is 383 g/mol. The fourth-order valence-electron chi connectivity index (χ4n) is 2.85. The van der Waals surface area contributed by atoms with Gasteiger partial charge in [0.2, 0.25) is 0 Å². The van der Waals surface area contributed by atoms with E-state index in [9.17, 15) is 19.5 Å². The molecule has 0 saturated carbocycles. The summed E-state index contributed by atoms with van der Waals surface area (Å²) in [5.41, 5.74) is 1.28. The summed E-state index contributed by atoms with van der Waals surface area (Å²) in [7, 11) is 0. The average molecular weight is 383 g/mol. The third kappa shape index (κ3) is 6.03. The molecule has 144 valence electrons. The van der Waals surface area contributed by atoms with Gasteiger partial charge in [-0.1, -0.05) is 19.9 Å². The van der Waals surface area contributed by atoms with E-state index in [1.165, 1.54) is 18.2 Å². The molecule has 1 aromatic rings. The first-order valence-corrected chi connectivity index (χ1v) is 9.61. The number of hydroxylamine groups is 1. The van der Waals surface area contributed by atoms with Crippen LogP contribution in [0.5, 0.6) is 0 Å². The normalized spacial score (nSPS) is 13.0. The van der Waals surface area contributed by atoms with Crippen LogP contribution >= 0.6 is 11.8 Å². The number of benzene rings is 1. The molecule has 1 aromatic carbocycles. The number of amides is 1. The molecular weight excluding hydrogens is 358 g/mol. The second kappa shape index (κ2) is 10.8. The van der Waals surface area contributed by atoms with Crippen molar-refractivity contribution in [3.8, 4) is 0 Å². The van der Waals surface area contributed by atoms with Crippen LogP contribution in [0, 0.1) is 5.92 Å². The molecular formula is C18H25NO6S. The fraction of sp³-hybridized carbons (Fsp3) is 0.500. The van der Waals surface area contributed by atoms with Crippen molar-refractivity contribution in [2.45, 2.75) is 39.0 Å². The van der Waals surface area contributed by atoms with Crippen molar-refractivity contribution in [1.29, 1.82) is 0 Å². The standard InChI is InChI=1S/C18H25NO6S/c1-3-8-26-9-4-5-11(2)15(16(20)19-25)12-6-7-13(17(21)22)14(10-12)18(23)24/h6-7,10-11,15,25H,3-5,8-9H2,1-2H3,(H,19,20)(H,21,22)(H,23,24). The molecule has 0 aliphatic heterocycles. The highest BCUT2D eigenvalue weighted by molar-refractivity contribution is 7.99. The van der Waals surface area contributed by atoms with E-state index in [2.05, 4.69) is 6.92 Å². The molecule has 0 aliphatic rings. The number of hydrogen-bond donors (Lipinski definition) is 4. The lowest BCUT2D eigenvalue weighted by atomic mass is 9.83. The van der Waals surface area contributed by atoms with E-state index in [1.54, 1.807) is 5.48 Å². The van der Waals surface area contributed by atoms with Crippen molar-refractivity contribution in [3.63, 3.8) is 0 Å². The maximum Gasteiger partial charge on any atom is 0.336 e. The van der Waals surface area contributed by atoms with Gasteiger partial charge in [0.25, 0.3) is 5.91 Å².